The van der Waals surface area contributed by atoms with E-state index in [0.717, 1.165) is 10.6 Å². The van der Waals surface area contributed by atoms with E-state index in [1.54, 1.807) is 7.11 Å². The molecular weight excluding hydrogens is 268 g/mol. The third-order valence-electron chi connectivity index (χ3n) is 2.94. The van der Waals surface area contributed by atoms with Crippen LogP contribution in [-0.2, 0) is 4.74 Å². The van der Waals surface area contributed by atoms with Gasteiger partial charge in [-0.2, -0.15) is 0 Å². The molecule has 0 aliphatic carbocycles. The first kappa shape index (κ1) is 14.6. The van der Waals surface area contributed by atoms with Gasteiger partial charge in [0.05, 0.1) is 0 Å². The van der Waals surface area contributed by atoms with Gasteiger partial charge < -0.3 is 4.74 Å². The van der Waals surface area contributed by atoms with Gasteiger partial charge in [0, 0.05) is 12.1 Å². The first-order valence-corrected chi connectivity index (χ1v) is 6.85. The number of hydrogen-bond acceptors (Lipinski definition) is 1. The molecule has 0 spiro atoms. The van der Waals surface area contributed by atoms with Crippen LogP contribution >= 0.6 is 11.6 Å². The second kappa shape index (κ2) is 7.68. The zero-order valence-electron chi connectivity index (χ0n) is 11.4. The van der Waals surface area contributed by atoms with Crippen molar-refractivity contribution < 1.29 is 4.74 Å². The summed E-state index contributed by atoms with van der Waals surface area (Å²) in [5.41, 5.74) is 2.26. The Balaban J connectivity index is 2.01. The van der Waals surface area contributed by atoms with Crippen LogP contribution in [0.3, 0.4) is 0 Å². The fourth-order valence-electron chi connectivity index (χ4n) is 1.87. The smallest absolute Gasteiger partial charge is 0.101 e. The van der Waals surface area contributed by atoms with Crippen LogP contribution in [0.25, 0.3) is 6.08 Å². The second-order valence-corrected chi connectivity index (χ2v) is 4.80. The molecule has 0 aliphatic rings. The Morgan fingerprint density at radius 2 is 1.65 bits per heavy atom. The number of methoxy groups -OCH3 is 1. The Kier molecular flexibility index (Phi) is 5.60. The largest absolute Gasteiger partial charge is 0.373 e. The summed E-state index contributed by atoms with van der Waals surface area (Å²) in [5.74, 6) is 0. The van der Waals surface area contributed by atoms with Gasteiger partial charge in [-0.3, -0.25) is 0 Å². The monoisotopic (exact) mass is 284 g/mol. The molecule has 2 rings (SSSR count). The minimum absolute atomic E-state index is 0.0623. The van der Waals surface area contributed by atoms with Crippen molar-refractivity contribution in [1.82, 2.24) is 0 Å². The summed E-state index contributed by atoms with van der Waals surface area (Å²) >= 11 is 5.88. The summed E-state index contributed by atoms with van der Waals surface area (Å²) in [5, 5.41) is 0.733. The fourth-order valence-corrected chi connectivity index (χ4v) is 2.00. The molecule has 0 aromatic heterocycles. The van der Waals surface area contributed by atoms with E-state index in [2.05, 4.69) is 18.2 Å². The quantitative estimate of drug-likeness (QED) is 0.677. The standard InChI is InChI=1S/C18H17ClO/c1-20-18(16-11-13-17(19)14-12-16)10-6-5-9-15-7-3-2-4-8-15/h2-14,18H,1H3/b9-5+,10-6+. The lowest BCUT2D eigenvalue weighted by molar-refractivity contribution is 0.143. The van der Waals surface area contributed by atoms with Gasteiger partial charge in [-0.25, -0.2) is 0 Å². The lowest BCUT2D eigenvalue weighted by atomic mass is 10.1. The topological polar surface area (TPSA) is 9.23 Å². The Hall–Kier alpha value is -1.83. The Morgan fingerprint density at radius 1 is 0.950 bits per heavy atom. The predicted molar refractivity (Wildman–Crippen MR) is 85.8 cm³/mol. The van der Waals surface area contributed by atoms with Crippen LogP contribution in [0, 0.1) is 0 Å². The summed E-state index contributed by atoms with van der Waals surface area (Å²) < 4.78 is 5.46. The Bertz CT molecular complexity index is 570. The first-order valence-electron chi connectivity index (χ1n) is 6.48. The molecule has 1 atom stereocenters. The van der Waals surface area contributed by atoms with Gasteiger partial charge in [0.25, 0.3) is 0 Å². The summed E-state index contributed by atoms with van der Waals surface area (Å²) in [7, 11) is 1.70. The summed E-state index contributed by atoms with van der Waals surface area (Å²) in [6.45, 7) is 0. The van der Waals surface area contributed by atoms with Crippen molar-refractivity contribution >= 4 is 17.7 Å². The molecule has 0 amide bonds. The maximum Gasteiger partial charge on any atom is 0.101 e. The van der Waals surface area contributed by atoms with Crippen LogP contribution < -0.4 is 0 Å². The number of allylic oxidation sites excluding steroid dienone is 2. The first-order chi connectivity index (χ1) is 9.79. The Morgan fingerprint density at radius 3 is 2.30 bits per heavy atom. The van der Waals surface area contributed by atoms with Crippen LogP contribution in [0.2, 0.25) is 5.02 Å². The summed E-state index contributed by atoms with van der Waals surface area (Å²) in [6.07, 6.45) is 8.02. The molecule has 1 unspecified atom stereocenters. The molecule has 0 bridgehead atoms. The van der Waals surface area contributed by atoms with Gasteiger partial charge in [-0.05, 0) is 23.3 Å². The maximum absolute atomic E-state index is 5.88. The zero-order chi connectivity index (χ0) is 14.2. The molecule has 0 saturated carbocycles. The highest BCUT2D eigenvalue weighted by atomic mass is 35.5. The van der Waals surface area contributed by atoms with Gasteiger partial charge in [-0.1, -0.05) is 78.4 Å². The van der Waals surface area contributed by atoms with Crippen LogP contribution in [0.5, 0.6) is 0 Å². The zero-order valence-corrected chi connectivity index (χ0v) is 12.1. The molecule has 0 saturated heterocycles. The number of benzene rings is 2. The molecule has 20 heavy (non-hydrogen) atoms. The van der Waals surface area contributed by atoms with Crippen LogP contribution in [0.15, 0.2) is 72.8 Å². The minimum Gasteiger partial charge on any atom is -0.373 e. The van der Waals surface area contributed by atoms with Crippen molar-refractivity contribution in [3.8, 4) is 0 Å². The molecule has 0 fully saturated rings. The lowest BCUT2D eigenvalue weighted by Gasteiger charge is -2.10. The van der Waals surface area contributed by atoms with Gasteiger partial charge >= 0.3 is 0 Å². The van der Waals surface area contributed by atoms with Crippen LogP contribution in [0.4, 0.5) is 0 Å². The summed E-state index contributed by atoms with van der Waals surface area (Å²) in [4.78, 5) is 0. The molecule has 0 heterocycles. The molecule has 0 aliphatic heterocycles. The molecule has 0 radical (unpaired) electrons. The van der Waals surface area contributed by atoms with Crippen LogP contribution in [-0.4, -0.2) is 7.11 Å². The third kappa shape index (κ3) is 4.37. The van der Waals surface area contributed by atoms with Crippen molar-refractivity contribution in [2.75, 3.05) is 7.11 Å². The van der Waals surface area contributed by atoms with Gasteiger partial charge in [0.15, 0.2) is 0 Å². The summed E-state index contributed by atoms with van der Waals surface area (Å²) in [6, 6.07) is 17.9. The van der Waals surface area contributed by atoms with E-state index in [4.69, 9.17) is 16.3 Å². The molecule has 2 heteroatoms. The minimum atomic E-state index is -0.0623. The Labute approximate surface area is 125 Å². The molecule has 2 aromatic carbocycles. The van der Waals surface area contributed by atoms with E-state index in [9.17, 15) is 0 Å². The number of ether oxygens (including phenoxy) is 1. The highest BCUT2D eigenvalue weighted by molar-refractivity contribution is 6.30. The number of halogens is 1. The normalized spacial score (nSPS) is 13.1. The molecular formula is C18H17ClO. The average molecular weight is 285 g/mol. The average Bonchev–Trinajstić information content (AvgIpc) is 2.50. The van der Waals surface area contributed by atoms with Crippen molar-refractivity contribution in [1.29, 1.82) is 0 Å². The highest BCUT2D eigenvalue weighted by Crippen LogP contribution is 2.20. The van der Waals surface area contributed by atoms with Crippen molar-refractivity contribution in [2.45, 2.75) is 6.10 Å². The predicted octanol–water partition coefficient (Wildman–Crippen LogP) is 5.30. The molecule has 102 valence electrons. The van der Waals surface area contributed by atoms with Crippen molar-refractivity contribution in [3.63, 3.8) is 0 Å². The van der Waals surface area contributed by atoms with Crippen molar-refractivity contribution in [2.24, 2.45) is 0 Å². The van der Waals surface area contributed by atoms with E-state index in [-0.39, 0.29) is 6.10 Å². The molecule has 0 N–H and O–H groups in total. The van der Waals surface area contributed by atoms with Gasteiger partial charge in [0.2, 0.25) is 0 Å². The fraction of sp³-hybridized carbons (Fsp3) is 0.111. The van der Waals surface area contributed by atoms with E-state index < -0.39 is 0 Å². The molecule has 1 nitrogen and oxygen atoms in total. The van der Waals surface area contributed by atoms with Gasteiger partial charge in [0.1, 0.15) is 6.10 Å². The van der Waals surface area contributed by atoms with E-state index in [1.165, 1.54) is 5.56 Å². The third-order valence-corrected chi connectivity index (χ3v) is 3.19. The highest BCUT2D eigenvalue weighted by Gasteiger charge is 2.04. The number of rotatable bonds is 5. The number of hydrogen-bond donors (Lipinski definition) is 0. The lowest BCUT2D eigenvalue weighted by Crippen LogP contribution is -1.96. The second-order valence-electron chi connectivity index (χ2n) is 4.36. The molecule has 2 aromatic rings. The van der Waals surface area contributed by atoms with E-state index in [1.807, 2.05) is 60.7 Å². The van der Waals surface area contributed by atoms with E-state index >= 15 is 0 Å². The van der Waals surface area contributed by atoms with Crippen LogP contribution in [0.1, 0.15) is 17.2 Å². The van der Waals surface area contributed by atoms with Gasteiger partial charge in [-0.15, -0.1) is 0 Å². The van der Waals surface area contributed by atoms with E-state index in [0.29, 0.717) is 0 Å². The SMILES string of the molecule is COC(/C=C/C=C/c1ccccc1)c1ccc(Cl)cc1. The van der Waals surface area contributed by atoms with Crippen molar-refractivity contribution in [3.05, 3.63) is 89.0 Å². The maximum atomic E-state index is 5.88.